The van der Waals surface area contributed by atoms with Crippen LogP contribution >= 0.6 is 0 Å². The summed E-state index contributed by atoms with van der Waals surface area (Å²) in [4.78, 5) is 6.77. The summed E-state index contributed by atoms with van der Waals surface area (Å²) in [5.41, 5.74) is 2.25. The van der Waals surface area contributed by atoms with Gasteiger partial charge in [0.05, 0.1) is 5.69 Å². The van der Waals surface area contributed by atoms with Gasteiger partial charge in [-0.15, -0.1) is 0 Å². The Morgan fingerprint density at radius 3 is 2.60 bits per heavy atom. The molecule has 3 heterocycles. The van der Waals surface area contributed by atoms with Gasteiger partial charge in [0.1, 0.15) is 16.9 Å². The lowest BCUT2D eigenvalue weighted by molar-refractivity contribution is -0.0311. The average molecular weight is 336 g/mol. The van der Waals surface area contributed by atoms with Crippen LogP contribution in [0.25, 0.3) is 11.0 Å². The van der Waals surface area contributed by atoms with Crippen LogP contribution in [-0.2, 0) is 18.6 Å². The molecule has 0 spiro atoms. The summed E-state index contributed by atoms with van der Waals surface area (Å²) >= 11 is 0. The van der Waals surface area contributed by atoms with Gasteiger partial charge >= 0.3 is 0 Å². The number of pyridine rings is 1. The fourth-order valence-electron chi connectivity index (χ4n) is 3.81. The van der Waals surface area contributed by atoms with Gasteiger partial charge in [-0.2, -0.15) is 0 Å². The number of hydrogen-bond acceptors (Lipinski definition) is 4. The van der Waals surface area contributed by atoms with Crippen molar-refractivity contribution < 1.29 is 9.52 Å². The molecule has 4 nitrogen and oxygen atoms in total. The molecule has 130 valence electrons. The van der Waals surface area contributed by atoms with E-state index in [4.69, 9.17) is 4.42 Å². The van der Waals surface area contributed by atoms with Gasteiger partial charge in [-0.25, -0.2) is 0 Å². The number of rotatable bonds is 4. The number of nitrogens with zero attached hydrogens (tertiary/aromatic N) is 2. The Kier molecular flexibility index (Phi) is 4.32. The summed E-state index contributed by atoms with van der Waals surface area (Å²) in [7, 11) is 0. The minimum Gasteiger partial charge on any atom is -0.461 e. The molecule has 0 saturated carbocycles. The van der Waals surface area contributed by atoms with E-state index in [-0.39, 0.29) is 0 Å². The number of furan rings is 1. The average Bonchev–Trinajstić information content (AvgIpc) is 3.02. The van der Waals surface area contributed by atoms with Crippen molar-refractivity contribution in [2.45, 2.75) is 38.3 Å². The van der Waals surface area contributed by atoms with Crippen molar-refractivity contribution in [1.29, 1.82) is 0 Å². The number of benzene rings is 1. The Balaban J connectivity index is 1.51. The van der Waals surface area contributed by atoms with Gasteiger partial charge < -0.3 is 9.52 Å². The summed E-state index contributed by atoms with van der Waals surface area (Å²) in [6.07, 6.45) is 4.07. The molecule has 1 aliphatic rings. The van der Waals surface area contributed by atoms with Crippen LogP contribution in [0.4, 0.5) is 0 Å². The minimum absolute atomic E-state index is 0.710. The number of fused-ring (bicyclic) bond motifs is 1. The first-order valence-corrected chi connectivity index (χ1v) is 9.05. The molecule has 0 atom stereocenters. The molecule has 4 rings (SSSR count). The molecule has 0 aliphatic carbocycles. The second-order valence-corrected chi connectivity index (χ2v) is 6.88. The Morgan fingerprint density at radius 2 is 1.88 bits per heavy atom. The highest BCUT2D eigenvalue weighted by Gasteiger charge is 2.35. The van der Waals surface area contributed by atoms with E-state index in [1.807, 2.05) is 30.3 Å². The fraction of sp³-hybridized carbons (Fsp3) is 0.381. The third-order valence-corrected chi connectivity index (χ3v) is 5.31. The van der Waals surface area contributed by atoms with Crippen LogP contribution in [0, 0.1) is 0 Å². The van der Waals surface area contributed by atoms with Crippen LogP contribution in [0.15, 0.2) is 53.1 Å². The first-order chi connectivity index (χ1) is 12.2. The number of para-hydroxylation sites is 1. The van der Waals surface area contributed by atoms with Crippen LogP contribution in [0.5, 0.6) is 0 Å². The van der Waals surface area contributed by atoms with Gasteiger partial charge in [-0.05, 0) is 31.0 Å². The maximum absolute atomic E-state index is 11.0. The smallest absolute Gasteiger partial charge is 0.134 e. The Hall–Kier alpha value is -2.17. The van der Waals surface area contributed by atoms with E-state index >= 15 is 0 Å². The molecule has 3 aromatic rings. The zero-order valence-electron chi connectivity index (χ0n) is 14.6. The van der Waals surface area contributed by atoms with Crippen molar-refractivity contribution in [2.24, 2.45) is 0 Å². The summed E-state index contributed by atoms with van der Waals surface area (Å²) in [5, 5.41) is 12.2. The molecular formula is C21H24N2O2. The van der Waals surface area contributed by atoms with E-state index in [0.29, 0.717) is 12.8 Å². The minimum atomic E-state index is -0.802. The SMILES string of the molecule is CCc1oc2ccccc2c1CN1CCC(O)(c2ccccn2)CC1. The number of hydrogen-bond donors (Lipinski definition) is 1. The normalized spacial score (nSPS) is 17.8. The van der Waals surface area contributed by atoms with Gasteiger partial charge in [-0.3, -0.25) is 9.88 Å². The third kappa shape index (κ3) is 3.08. The Labute approximate surface area is 148 Å². The predicted molar refractivity (Wildman–Crippen MR) is 98.2 cm³/mol. The monoisotopic (exact) mass is 336 g/mol. The third-order valence-electron chi connectivity index (χ3n) is 5.31. The maximum Gasteiger partial charge on any atom is 0.134 e. The lowest BCUT2D eigenvalue weighted by atomic mass is 9.87. The van der Waals surface area contributed by atoms with Crippen molar-refractivity contribution in [2.75, 3.05) is 13.1 Å². The first-order valence-electron chi connectivity index (χ1n) is 9.05. The number of aliphatic hydroxyl groups is 1. The lowest BCUT2D eigenvalue weighted by Gasteiger charge is -2.37. The summed E-state index contributed by atoms with van der Waals surface area (Å²) < 4.78 is 6.01. The fourth-order valence-corrected chi connectivity index (χ4v) is 3.81. The van der Waals surface area contributed by atoms with E-state index in [9.17, 15) is 5.11 Å². The van der Waals surface area contributed by atoms with Crippen LogP contribution in [0.2, 0.25) is 0 Å². The van der Waals surface area contributed by atoms with Crippen molar-refractivity contribution in [3.05, 3.63) is 65.7 Å². The highest BCUT2D eigenvalue weighted by Crippen LogP contribution is 2.33. The molecule has 4 heteroatoms. The predicted octanol–water partition coefficient (Wildman–Crippen LogP) is 3.87. The lowest BCUT2D eigenvalue weighted by Crippen LogP contribution is -2.42. The molecule has 1 saturated heterocycles. The van der Waals surface area contributed by atoms with Gasteiger partial charge in [0.15, 0.2) is 0 Å². The number of aromatic nitrogens is 1. The van der Waals surface area contributed by atoms with Crippen LogP contribution < -0.4 is 0 Å². The molecule has 0 amide bonds. The van der Waals surface area contributed by atoms with Crippen LogP contribution in [0.3, 0.4) is 0 Å². The van der Waals surface area contributed by atoms with Crippen LogP contribution in [-0.4, -0.2) is 28.1 Å². The summed E-state index contributed by atoms with van der Waals surface area (Å²) in [6, 6.07) is 14.0. The van der Waals surface area contributed by atoms with E-state index in [2.05, 4.69) is 28.9 Å². The standard InChI is InChI=1S/C21H24N2O2/c1-2-18-17(16-7-3-4-8-19(16)25-18)15-23-13-10-21(24,11-14-23)20-9-5-6-12-22-20/h3-9,12,24H,2,10-11,13-15H2,1H3. The van der Waals surface area contributed by atoms with E-state index in [0.717, 1.165) is 43.1 Å². The van der Waals surface area contributed by atoms with Gasteiger partial charge in [-0.1, -0.05) is 31.2 Å². The van der Waals surface area contributed by atoms with Crippen molar-refractivity contribution in [1.82, 2.24) is 9.88 Å². The highest BCUT2D eigenvalue weighted by atomic mass is 16.3. The molecule has 2 aromatic heterocycles. The first kappa shape index (κ1) is 16.3. The second-order valence-electron chi connectivity index (χ2n) is 6.88. The molecule has 1 fully saturated rings. The number of likely N-dealkylation sites (tertiary alicyclic amines) is 1. The summed E-state index contributed by atoms with van der Waals surface area (Å²) in [5.74, 6) is 1.08. The summed E-state index contributed by atoms with van der Waals surface area (Å²) in [6.45, 7) is 4.72. The molecule has 1 aliphatic heterocycles. The Bertz CT molecular complexity index is 849. The molecule has 0 radical (unpaired) electrons. The van der Waals surface area contributed by atoms with Crippen molar-refractivity contribution in [3.8, 4) is 0 Å². The van der Waals surface area contributed by atoms with Gasteiger partial charge in [0, 0.05) is 43.2 Å². The molecule has 0 unspecified atom stereocenters. The molecule has 1 aromatic carbocycles. The van der Waals surface area contributed by atoms with Gasteiger partial charge in [0.2, 0.25) is 0 Å². The highest BCUT2D eigenvalue weighted by molar-refractivity contribution is 5.82. The number of piperidine rings is 1. The largest absolute Gasteiger partial charge is 0.461 e. The van der Waals surface area contributed by atoms with Crippen LogP contribution in [0.1, 0.15) is 36.8 Å². The zero-order valence-corrected chi connectivity index (χ0v) is 14.6. The molecular weight excluding hydrogens is 312 g/mol. The quantitative estimate of drug-likeness (QED) is 0.786. The molecule has 25 heavy (non-hydrogen) atoms. The molecule has 1 N–H and O–H groups in total. The van der Waals surface area contributed by atoms with Gasteiger partial charge in [0.25, 0.3) is 0 Å². The number of aryl methyl sites for hydroxylation is 1. The topological polar surface area (TPSA) is 49.5 Å². The maximum atomic E-state index is 11.0. The van der Waals surface area contributed by atoms with E-state index in [1.54, 1.807) is 6.20 Å². The van der Waals surface area contributed by atoms with Crippen molar-refractivity contribution >= 4 is 11.0 Å². The van der Waals surface area contributed by atoms with E-state index in [1.165, 1.54) is 10.9 Å². The van der Waals surface area contributed by atoms with E-state index < -0.39 is 5.60 Å². The zero-order chi connectivity index (χ0) is 17.3. The Morgan fingerprint density at radius 1 is 1.12 bits per heavy atom. The molecule has 0 bridgehead atoms. The second kappa shape index (κ2) is 6.62. The van der Waals surface area contributed by atoms with Crippen molar-refractivity contribution in [3.63, 3.8) is 0 Å².